The van der Waals surface area contributed by atoms with E-state index in [-0.39, 0.29) is 11.7 Å². The molecule has 0 heterocycles. The third-order valence-electron chi connectivity index (χ3n) is 2.87. The average molecular weight is 190 g/mol. The fourth-order valence-corrected chi connectivity index (χ4v) is 3.30. The van der Waals surface area contributed by atoms with Crippen LogP contribution in [0, 0.1) is 5.92 Å². The van der Waals surface area contributed by atoms with Crippen LogP contribution in [0.5, 0.6) is 0 Å². The highest BCUT2D eigenvalue weighted by molar-refractivity contribution is 7.87. The highest BCUT2D eigenvalue weighted by Gasteiger charge is 2.56. The Bertz CT molecular complexity index is 342. The van der Waals surface area contributed by atoms with Gasteiger partial charge in [0.15, 0.2) is 4.75 Å². The lowest BCUT2D eigenvalue weighted by Crippen LogP contribution is -2.36. The van der Waals surface area contributed by atoms with Gasteiger partial charge in [-0.3, -0.25) is 4.55 Å². The summed E-state index contributed by atoms with van der Waals surface area (Å²) in [6.07, 6.45) is 2.97. The van der Waals surface area contributed by atoms with E-state index in [1.807, 2.05) is 0 Å². The zero-order valence-corrected chi connectivity index (χ0v) is 7.21. The minimum Gasteiger partial charge on any atom is -0.511 e. The van der Waals surface area contributed by atoms with E-state index in [0.29, 0.717) is 12.8 Å². The maximum atomic E-state index is 11.0. The second kappa shape index (κ2) is 2.03. The number of rotatable bonds is 1. The molecule has 0 aromatic rings. The van der Waals surface area contributed by atoms with Crippen LogP contribution in [0.4, 0.5) is 0 Å². The Morgan fingerprint density at radius 2 is 2.25 bits per heavy atom. The van der Waals surface area contributed by atoms with Crippen molar-refractivity contribution in [1.82, 2.24) is 0 Å². The van der Waals surface area contributed by atoms with Crippen molar-refractivity contribution < 1.29 is 18.1 Å². The molecule has 0 aromatic carbocycles. The van der Waals surface area contributed by atoms with Crippen LogP contribution in [0.3, 0.4) is 0 Å². The van der Waals surface area contributed by atoms with Gasteiger partial charge in [-0.1, -0.05) is 0 Å². The largest absolute Gasteiger partial charge is 0.511 e. The Morgan fingerprint density at radius 3 is 2.50 bits per heavy atom. The van der Waals surface area contributed by atoms with Crippen LogP contribution in [-0.2, 0) is 10.1 Å². The first-order valence-corrected chi connectivity index (χ1v) is 5.28. The SMILES string of the molecule is O=S(=O)(O)C12CCC(C=C1O)C2. The molecule has 2 rings (SSSR count). The van der Waals surface area contributed by atoms with Gasteiger partial charge in [0.25, 0.3) is 10.1 Å². The van der Waals surface area contributed by atoms with Crippen LogP contribution in [0.25, 0.3) is 0 Å². The molecule has 0 radical (unpaired) electrons. The Morgan fingerprint density at radius 1 is 1.58 bits per heavy atom. The number of hydrogen-bond donors (Lipinski definition) is 2. The van der Waals surface area contributed by atoms with Gasteiger partial charge in [-0.25, -0.2) is 0 Å². The molecule has 2 unspecified atom stereocenters. The van der Waals surface area contributed by atoms with E-state index in [1.54, 1.807) is 0 Å². The third-order valence-corrected chi connectivity index (χ3v) is 4.43. The molecule has 68 valence electrons. The quantitative estimate of drug-likeness (QED) is 0.601. The van der Waals surface area contributed by atoms with Gasteiger partial charge in [-0.05, 0) is 31.3 Å². The van der Waals surface area contributed by atoms with Gasteiger partial charge in [-0.2, -0.15) is 8.42 Å². The topological polar surface area (TPSA) is 74.6 Å². The van der Waals surface area contributed by atoms with Crippen LogP contribution in [0.15, 0.2) is 11.8 Å². The first-order chi connectivity index (χ1) is 5.46. The molecular weight excluding hydrogens is 180 g/mol. The maximum absolute atomic E-state index is 11.0. The zero-order valence-electron chi connectivity index (χ0n) is 6.40. The fourth-order valence-electron chi connectivity index (χ4n) is 2.16. The molecule has 0 amide bonds. The van der Waals surface area contributed by atoms with Crippen LogP contribution in [-0.4, -0.2) is 22.8 Å². The summed E-state index contributed by atoms with van der Waals surface area (Å²) in [5, 5.41) is 9.33. The summed E-state index contributed by atoms with van der Waals surface area (Å²) in [7, 11) is -4.14. The summed E-state index contributed by atoms with van der Waals surface area (Å²) in [6.45, 7) is 0. The molecule has 0 aliphatic heterocycles. The number of hydrogen-bond acceptors (Lipinski definition) is 3. The molecule has 4 nitrogen and oxygen atoms in total. The van der Waals surface area contributed by atoms with E-state index < -0.39 is 14.9 Å². The summed E-state index contributed by atoms with van der Waals surface area (Å²) in [5.74, 6) is -0.0341. The van der Waals surface area contributed by atoms with Crippen molar-refractivity contribution in [3.63, 3.8) is 0 Å². The normalized spacial score (nSPS) is 40.1. The first kappa shape index (κ1) is 8.07. The summed E-state index contributed by atoms with van der Waals surface area (Å²) >= 11 is 0. The molecule has 12 heavy (non-hydrogen) atoms. The number of aliphatic hydroxyl groups is 1. The Hall–Kier alpha value is -0.550. The molecule has 2 bridgehead atoms. The van der Waals surface area contributed by atoms with E-state index >= 15 is 0 Å². The maximum Gasteiger partial charge on any atom is 0.278 e. The van der Waals surface area contributed by atoms with Gasteiger partial charge < -0.3 is 5.11 Å². The van der Waals surface area contributed by atoms with Crippen molar-refractivity contribution in [3.05, 3.63) is 11.8 Å². The van der Waals surface area contributed by atoms with Crippen LogP contribution >= 0.6 is 0 Å². The fraction of sp³-hybridized carbons (Fsp3) is 0.714. The lowest BCUT2D eigenvalue weighted by atomic mass is 10.1. The van der Waals surface area contributed by atoms with Gasteiger partial charge in [0.05, 0.1) is 0 Å². The van der Waals surface area contributed by atoms with Crippen LogP contribution < -0.4 is 0 Å². The molecule has 5 heteroatoms. The summed E-state index contributed by atoms with van der Waals surface area (Å²) in [6, 6.07) is 0. The van der Waals surface area contributed by atoms with Gasteiger partial charge in [0, 0.05) is 0 Å². The second-order valence-corrected chi connectivity index (χ2v) is 5.26. The summed E-state index contributed by atoms with van der Waals surface area (Å²) in [4.78, 5) is 0. The third kappa shape index (κ3) is 0.778. The molecule has 2 atom stereocenters. The minimum absolute atomic E-state index is 0.131. The smallest absolute Gasteiger partial charge is 0.278 e. The Labute approximate surface area is 70.7 Å². The van der Waals surface area contributed by atoms with Crippen molar-refractivity contribution in [1.29, 1.82) is 0 Å². The molecular formula is C7H10O4S. The number of fused-ring (bicyclic) bond motifs is 2. The molecule has 1 fully saturated rings. The highest BCUT2D eigenvalue weighted by atomic mass is 32.2. The van der Waals surface area contributed by atoms with Crippen molar-refractivity contribution >= 4 is 10.1 Å². The van der Waals surface area contributed by atoms with E-state index in [2.05, 4.69) is 0 Å². The van der Waals surface area contributed by atoms with Crippen molar-refractivity contribution in [3.8, 4) is 0 Å². The predicted octanol–water partition coefficient (Wildman–Crippen LogP) is 0.869. The second-order valence-electron chi connectivity index (χ2n) is 3.52. The number of allylic oxidation sites excluding steroid dienone is 1. The molecule has 2 aliphatic carbocycles. The van der Waals surface area contributed by atoms with E-state index in [9.17, 15) is 13.5 Å². The van der Waals surface area contributed by atoms with Crippen LogP contribution in [0.2, 0.25) is 0 Å². The summed E-state index contributed by atoms with van der Waals surface area (Å²) < 4.78 is 29.5. The Balaban J connectivity index is 2.53. The minimum atomic E-state index is -4.14. The van der Waals surface area contributed by atoms with Crippen molar-refractivity contribution in [2.75, 3.05) is 0 Å². The average Bonchev–Trinajstić information content (AvgIpc) is 2.41. The van der Waals surface area contributed by atoms with Crippen molar-refractivity contribution in [2.24, 2.45) is 5.92 Å². The lowest BCUT2D eigenvalue weighted by molar-refractivity contribution is 0.331. The molecule has 0 saturated heterocycles. The monoisotopic (exact) mass is 190 g/mol. The lowest BCUT2D eigenvalue weighted by Gasteiger charge is -2.21. The van der Waals surface area contributed by atoms with E-state index in [0.717, 1.165) is 6.42 Å². The van der Waals surface area contributed by atoms with E-state index in [4.69, 9.17) is 4.55 Å². The van der Waals surface area contributed by atoms with Crippen LogP contribution in [0.1, 0.15) is 19.3 Å². The van der Waals surface area contributed by atoms with Gasteiger partial charge >= 0.3 is 0 Å². The van der Waals surface area contributed by atoms with Gasteiger partial charge in [-0.15, -0.1) is 0 Å². The molecule has 1 saturated carbocycles. The highest BCUT2D eigenvalue weighted by Crippen LogP contribution is 2.50. The van der Waals surface area contributed by atoms with Gasteiger partial charge in [0.1, 0.15) is 5.76 Å². The molecule has 2 N–H and O–H groups in total. The standard InChI is InChI=1S/C7H10O4S/c8-6-3-5-1-2-7(6,4-5)12(9,10)11/h3,5,8H,1-2,4H2,(H,9,10,11). The zero-order chi connectivity index (χ0) is 8.98. The summed E-state index contributed by atoms with van der Waals surface area (Å²) in [5.41, 5.74) is 0. The molecule has 0 aromatic heterocycles. The van der Waals surface area contributed by atoms with Gasteiger partial charge in [0.2, 0.25) is 0 Å². The number of aliphatic hydroxyl groups excluding tert-OH is 1. The molecule has 0 spiro atoms. The first-order valence-electron chi connectivity index (χ1n) is 3.84. The Kier molecular flexibility index (Phi) is 1.36. The predicted molar refractivity (Wildman–Crippen MR) is 42.3 cm³/mol. The van der Waals surface area contributed by atoms with E-state index in [1.165, 1.54) is 6.08 Å². The molecule has 2 aliphatic rings. The van der Waals surface area contributed by atoms with Crippen molar-refractivity contribution in [2.45, 2.75) is 24.0 Å².